The van der Waals surface area contributed by atoms with Crippen molar-refractivity contribution >= 4 is 5.97 Å². The van der Waals surface area contributed by atoms with E-state index in [1.807, 2.05) is 0 Å². The molecule has 0 amide bonds. The van der Waals surface area contributed by atoms with Crippen LogP contribution in [0.2, 0.25) is 0 Å². The Labute approximate surface area is 40.6 Å². The number of aliphatic hydroxyl groups is 1. The van der Waals surface area contributed by atoms with Gasteiger partial charge in [-0.1, -0.05) is 0 Å². The van der Waals surface area contributed by atoms with Gasteiger partial charge < -0.3 is 15.9 Å². The summed E-state index contributed by atoms with van der Waals surface area (Å²) in [6.07, 6.45) is 0. The van der Waals surface area contributed by atoms with Crippen LogP contribution in [0, 0.1) is 0 Å². The third kappa shape index (κ3) is 2.13. The molecule has 0 rings (SSSR count). The number of rotatable bonds is 2. The molecule has 4 heteroatoms. The van der Waals surface area contributed by atoms with Gasteiger partial charge in [-0.3, -0.25) is 4.79 Å². The Kier molecular flexibility index (Phi) is 2.32. The molecular weight excluding hydrogens is 99.0 g/mol. The number of hydrogen-bond donors (Lipinski definition) is 3. The number of aliphatic hydroxyl groups excluding tert-OH is 1. The van der Waals surface area contributed by atoms with E-state index in [4.69, 9.17) is 15.9 Å². The molecule has 0 aromatic carbocycles. The first kappa shape index (κ1) is 6.39. The Morgan fingerprint density at radius 3 is 2.29 bits per heavy atom. The van der Waals surface area contributed by atoms with Crippen LogP contribution in [0.5, 0.6) is 0 Å². The first-order valence-electron chi connectivity index (χ1n) is 1.77. The smallest absolute Gasteiger partial charge is 0.322 e. The van der Waals surface area contributed by atoms with Crippen LogP contribution >= 0.6 is 0 Å². The fourth-order valence-electron chi connectivity index (χ4n) is 0.0781. The average Bonchev–Trinajstić information content (AvgIpc) is 1.65. The van der Waals surface area contributed by atoms with Gasteiger partial charge in [0.05, 0.1) is 6.61 Å². The van der Waals surface area contributed by atoms with E-state index in [0.717, 1.165) is 0 Å². The van der Waals surface area contributed by atoms with E-state index < -0.39 is 18.6 Å². The van der Waals surface area contributed by atoms with Crippen LogP contribution in [-0.4, -0.2) is 28.8 Å². The standard InChI is InChI=1S/C3H7NO3/c4-2(1-5)3(6)7/h2,5H,1,4H2,(H,6,7)/t2-/m0/s1/i2+1. The van der Waals surface area contributed by atoms with Crippen molar-refractivity contribution in [1.29, 1.82) is 0 Å². The van der Waals surface area contributed by atoms with Crippen molar-refractivity contribution in [2.45, 2.75) is 6.04 Å². The van der Waals surface area contributed by atoms with Crippen LogP contribution in [0.4, 0.5) is 0 Å². The summed E-state index contributed by atoms with van der Waals surface area (Å²) in [6, 6.07) is -1.13. The number of carbonyl (C=O) groups is 1. The van der Waals surface area contributed by atoms with Gasteiger partial charge in [0.1, 0.15) is 6.04 Å². The first-order valence-corrected chi connectivity index (χ1v) is 1.77. The molecule has 4 N–H and O–H groups in total. The molecule has 0 saturated carbocycles. The highest BCUT2D eigenvalue weighted by atomic mass is 16.4. The van der Waals surface area contributed by atoms with E-state index in [2.05, 4.69) is 0 Å². The number of aliphatic carboxylic acids is 1. The number of carboxylic acid groups (broad SMARTS) is 1. The molecule has 42 valence electrons. The Bertz CT molecular complexity index is 72.6. The maximum absolute atomic E-state index is 9.65. The lowest BCUT2D eigenvalue weighted by atomic mass is 10.7. The van der Waals surface area contributed by atoms with Crippen LogP contribution < -0.4 is 5.73 Å². The highest BCUT2D eigenvalue weighted by molar-refractivity contribution is 5.73. The summed E-state index contributed by atoms with van der Waals surface area (Å²) < 4.78 is 0. The van der Waals surface area contributed by atoms with Gasteiger partial charge in [-0.25, -0.2) is 0 Å². The molecule has 0 radical (unpaired) electrons. The molecule has 0 spiro atoms. The molecule has 0 aliphatic carbocycles. The lowest BCUT2D eigenvalue weighted by Crippen LogP contribution is -2.33. The van der Waals surface area contributed by atoms with Gasteiger partial charge in [0.25, 0.3) is 0 Å². The summed E-state index contributed by atoms with van der Waals surface area (Å²) >= 11 is 0. The number of hydrogen-bond acceptors (Lipinski definition) is 3. The van der Waals surface area contributed by atoms with Gasteiger partial charge in [0.15, 0.2) is 0 Å². The van der Waals surface area contributed by atoms with E-state index >= 15 is 0 Å². The Hall–Kier alpha value is -0.610. The fraction of sp³-hybridized carbons (Fsp3) is 0.667. The van der Waals surface area contributed by atoms with Crippen LogP contribution in [0.1, 0.15) is 0 Å². The van der Waals surface area contributed by atoms with Crippen LogP contribution in [0.15, 0.2) is 0 Å². The van der Waals surface area contributed by atoms with Crippen LogP contribution in [-0.2, 0) is 4.79 Å². The molecule has 7 heavy (non-hydrogen) atoms. The normalized spacial score (nSPS) is 13.4. The van der Waals surface area contributed by atoms with Crippen LogP contribution in [0.3, 0.4) is 0 Å². The summed E-state index contributed by atoms with van der Waals surface area (Å²) in [4.78, 5) is 9.65. The molecule has 0 aliphatic rings. The molecule has 0 aromatic heterocycles. The third-order valence-corrected chi connectivity index (χ3v) is 0.514. The molecule has 0 aromatic rings. The molecule has 4 nitrogen and oxygen atoms in total. The minimum atomic E-state index is -1.18. The minimum Gasteiger partial charge on any atom is -0.480 e. The molecule has 1 atom stereocenters. The van der Waals surface area contributed by atoms with Gasteiger partial charge in [-0.15, -0.1) is 0 Å². The number of carboxylic acids is 1. The van der Waals surface area contributed by atoms with Gasteiger partial charge in [-0.05, 0) is 0 Å². The zero-order valence-electron chi connectivity index (χ0n) is 3.66. The largest absolute Gasteiger partial charge is 0.480 e. The highest BCUT2D eigenvalue weighted by Gasteiger charge is 2.06. The van der Waals surface area contributed by atoms with E-state index in [-0.39, 0.29) is 0 Å². The van der Waals surface area contributed by atoms with Crippen molar-refractivity contribution in [3.63, 3.8) is 0 Å². The van der Waals surface area contributed by atoms with Crippen LogP contribution in [0.25, 0.3) is 0 Å². The quantitative estimate of drug-likeness (QED) is 0.370. The van der Waals surface area contributed by atoms with E-state index in [1.165, 1.54) is 0 Å². The predicted molar refractivity (Wildman–Crippen MR) is 22.7 cm³/mol. The second-order valence-electron chi connectivity index (χ2n) is 1.13. The summed E-state index contributed by atoms with van der Waals surface area (Å²) in [5.41, 5.74) is 4.77. The number of nitrogens with two attached hydrogens (primary N) is 1. The van der Waals surface area contributed by atoms with Crippen molar-refractivity contribution < 1.29 is 15.0 Å². The third-order valence-electron chi connectivity index (χ3n) is 0.514. The second-order valence-corrected chi connectivity index (χ2v) is 1.13. The molecule has 0 bridgehead atoms. The predicted octanol–water partition coefficient (Wildman–Crippen LogP) is -1.61. The molecular formula is C3H7NO3. The van der Waals surface area contributed by atoms with Crippen molar-refractivity contribution in [3.8, 4) is 0 Å². The molecule has 0 heterocycles. The average molecular weight is 106 g/mol. The minimum absolute atomic E-state index is 0.505. The fourth-order valence-corrected chi connectivity index (χ4v) is 0.0781. The topological polar surface area (TPSA) is 83.5 Å². The second kappa shape index (κ2) is 2.54. The van der Waals surface area contributed by atoms with Gasteiger partial charge >= 0.3 is 5.97 Å². The lowest BCUT2D eigenvalue weighted by Gasteiger charge is -1.96. The Morgan fingerprint density at radius 1 is 1.86 bits per heavy atom. The van der Waals surface area contributed by atoms with Gasteiger partial charge in [0.2, 0.25) is 0 Å². The maximum atomic E-state index is 9.65. The van der Waals surface area contributed by atoms with Gasteiger partial charge in [-0.2, -0.15) is 0 Å². The molecule has 0 aliphatic heterocycles. The SMILES string of the molecule is N[13C@@H](CO)C(=O)O. The molecule has 0 unspecified atom stereocenters. The van der Waals surface area contributed by atoms with Crippen molar-refractivity contribution in [2.75, 3.05) is 6.61 Å². The van der Waals surface area contributed by atoms with E-state index in [1.54, 1.807) is 0 Å². The van der Waals surface area contributed by atoms with E-state index in [0.29, 0.717) is 0 Å². The van der Waals surface area contributed by atoms with Gasteiger partial charge in [0, 0.05) is 0 Å². The van der Waals surface area contributed by atoms with Crippen molar-refractivity contribution in [2.24, 2.45) is 5.73 Å². The summed E-state index contributed by atoms with van der Waals surface area (Å²) in [5.74, 6) is -1.18. The monoisotopic (exact) mass is 106 g/mol. The Morgan fingerprint density at radius 2 is 2.29 bits per heavy atom. The highest BCUT2D eigenvalue weighted by Crippen LogP contribution is 1.71. The zero-order valence-corrected chi connectivity index (χ0v) is 3.66. The summed E-state index contributed by atoms with van der Waals surface area (Å²) in [5, 5.41) is 15.9. The first-order chi connectivity index (χ1) is 3.18. The zero-order chi connectivity index (χ0) is 5.86. The summed E-state index contributed by atoms with van der Waals surface area (Å²) in [7, 11) is 0. The molecule has 0 saturated heterocycles. The van der Waals surface area contributed by atoms with E-state index in [9.17, 15) is 4.79 Å². The maximum Gasteiger partial charge on any atom is 0.322 e. The van der Waals surface area contributed by atoms with Crippen molar-refractivity contribution in [1.82, 2.24) is 0 Å². The van der Waals surface area contributed by atoms with Crippen molar-refractivity contribution in [3.05, 3.63) is 0 Å². The summed E-state index contributed by atoms with van der Waals surface area (Å²) in [6.45, 7) is -0.505. The lowest BCUT2D eigenvalue weighted by molar-refractivity contribution is -0.139. The molecule has 0 fully saturated rings. The Balaban J connectivity index is 3.34.